The summed E-state index contributed by atoms with van der Waals surface area (Å²) >= 11 is 0. The van der Waals surface area contributed by atoms with E-state index in [2.05, 4.69) is 16.3 Å². The van der Waals surface area contributed by atoms with Crippen molar-refractivity contribution < 1.29 is 5.11 Å². The highest BCUT2D eigenvalue weighted by Gasteiger charge is 2.30. The van der Waals surface area contributed by atoms with Gasteiger partial charge in [-0.1, -0.05) is 26.2 Å². The van der Waals surface area contributed by atoms with E-state index in [1.807, 2.05) is 6.92 Å². The standard InChI is InChI=1S/C17H31N3O/c1-2-17(21)15-10-16(13-20(12-15)9-8-18)19-11-14-6-4-3-5-7-14/h14-17,19,21H,2-7,9-13H2,1H3. The highest BCUT2D eigenvalue weighted by molar-refractivity contribution is 4.90. The van der Waals surface area contributed by atoms with Crippen LogP contribution < -0.4 is 5.32 Å². The Hall–Kier alpha value is -0.630. The molecule has 3 atom stereocenters. The first kappa shape index (κ1) is 16.7. The van der Waals surface area contributed by atoms with Crippen molar-refractivity contribution in [2.75, 3.05) is 26.2 Å². The molecule has 0 aromatic rings. The third-order valence-corrected chi connectivity index (χ3v) is 5.24. The second-order valence-electron chi connectivity index (χ2n) is 6.93. The zero-order valence-electron chi connectivity index (χ0n) is 13.4. The summed E-state index contributed by atoms with van der Waals surface area (Å²) in [7, 11) is 0. The highest BCUT2D eigenvalue weighted by atomic mass is 16.3. The van der Waals surface area contributed by atoms with Crippen LogP contribution in [-0.2, 0) is 0 Å². The van der Waals surface area contributed by atoms with Crippen LogP contribution in [0.1, 0.15) is 51.9 Å². The number of aliphatic hydroxyl groups is 1. The maximum absolute atomic E-state index is 10.2. The predicted molar refractivity (Wildman–Crippen MR) is 84.8 cm³/mol. The molecule has 0 amide bonds. The van der Waals surface area contributed by atoms with Gasteiger partial charge < -0.3 is 10.4 Å². The van der Waals surface area contributed by atoms with Crippen LogP contribution in [0, 0.1) is 23.2 Å². The number of nitrogens with one attached hydrogen (secondary N) is 1. The van der Waals surface area contributed by atoms with Crippen LogP contribution in [0.15, 0.2) is 0 Å². The summed E-state index contributed by atoms with van der Waals surface area (Å²) in [6, 6.07) is 2.69. The molecule has 1 saturated carbocycles. The summed E-state index contributed by atoms with van der Waals surface area (Å²) in [4.78, 5) is 2.20. The van der Waals surface area contributed by atoms with Gasteiger partial charge in [-0.25, -0.2) is 0 Å². The van der Waals surface area contributed by atoms with E-state index in [0.717, 1.165) is 38.4 Å². The molecule has 0 spiro atoms. The van der Waals surface area contributed by atoms with E-state index < -0.39 is 0 Å². The van der Waals surface area contributed by atoms with Gasteiger partial charge in [0.05, 0.1) is 18.7 Å². The van der Waals surface area contributed by atoms with Crippen molar-refractivity contribution in [3.8, 4) is 6.07 Å². The molecule has 2 rings (SSSR count). The molecule has 1 aliphatic heterocycles. The van der Waals surface area contributed by atoms with Crippen LogP contribution in [0.5, 0.6) is 0 Å². The molecule has 3 unspecified atom stereocenters. The van der Waals surface area contributed by atoms with Gasteiger partial charge in [0.25, 0.3) is 0 Å². The van der Waals surface area contributed by atoms with E-state index in [1.165, 1.54) is 32.1 Å². The smallest absolute Gasteiger partial charge is 0.0866 e. The Balaban J connectivity index is 1.83. The zero-order valence-corrected chi connectivity index (χ0v) is 13.4. The molecule has 2 fully saturated rings. The average molecular weight is 293 g/mol. The van der Waals surface area contributed by atoms with E-state index in [9.17, 15) is 5.11 Å². The van der Waals surface area contributed by atoms with Crippen LogP contribution in [0.25, 0.3) is 0 Å². The number of hydrogen-bond donors (Lipinski definition) is 2. The monoisotopic (exact) mass is 293 g/mol. The van der Waals surface area contributed by atoms with Crippen molar-refractivity contribution in [1.82, 2.24) is 10.2 Å². The van der Waals surface area contributed by atoms with Gasteiger partial charge in [0, 0.05) is 19.1 Å². The maximum atomic E-state index is 10.2. The van der Waals surface area contributed by atoms with Crippen LogP contribution >= 0.6 is 0 Å². The third-order valence-electron chi connectivity index (χ3n) is 5.24. The number of likely N-dealkylation sites (tertiary alicyclic amines) is 1. The second-order valence-corrected chi connectivity index (χ2v) is 6.93. The largest absolute Gasteiger partial charge is 0.393 e. The molecule has 120 valence electrons. The van der Waals surface area contributed by atoms with Gasteiger partial charge in [0.1, 0.15) is 0 Å². The Bertz CT molecular complexity index is 335. The summed E-state index contributed by atoms with van der Waals surface area (Å²) < 4.78 is 0. The molecule has 4 heteroatoms. The van der Waals surface area contributed by atoms with Crippen LogP contribution in [-0.4, -0.2) is 48.3 Å². The van der Waals surface area contributed by atoms with Crippen LogP contribution in [0.2, 0.25) is 0 Å². The summed E-state index contributed by atoms with van der Waals surface area (Å²) in [5, 5.41) is 22.8. The van der Waals surface area contributed by atoms with E-state index in [-0.39, 0.29) is 6.10 Å². The molecule has 2 N–H and O–H groups in total. The van der Waals surface area contributed by atoms with E-state index in [1.54, 1.807) is 0 Å². The molecular weight excluding hydrogens is 262 g/mol. The second kappa shape index (κ2) is 8.73. The van der Waals surface area contributed by atoms with Crippen molar-refractivity contribution in [3.05, 3.63) is 0 Å². The topological polar surface area (TPSA) is 59.3 Å². The molecule has 0 radical (unpaired) electrons. The fourth-order valence-electron chi connectivity index (χ4n) is 3.95. The summed E-state index contributed by atoms with van der Waals surface area (Å²) in [6.07, 6.45) is 8.52. The fraction of sp³-hybridized carbons (Fsp3) is 0.941. The number of nitriles is 1. The fourth-order valence-corrected chi connectivity index (χ4v) is 3.95. The van der Waals surface area contributed by atoms with Crippen molar-refractivity contribution in [1.29, 1.82) is 5.26 Å². The minimum absolute atomic E-state index is 0.231. The number of nitrogens with zero attached hydrogens (tertiary/aromatic N) is 2. The quantitative estimate of drug-likeness (QED) is 0.737. The number of hydrogen-bond acceptors (Lipinski definition) is 4. The molecule has 0 bridgehead atoms. The van der Waals surface area contributed by atoms with Gasteiger partial charge in [-0.2, -0.15) is 5.26 Å². The Kier molecular flexibility index (Phi) is 6.95. The SMILES string of the molecule is CCC(O)C1CC(NCC2CCCCC2)CN(CC#N)C1. The zero-order chi connectivity index (χ0) is 15.1. The lowest BCUT2D eigenvalue weighted by Crippen LogP contribution is -2.52. The van der Waals surface area contributed by atoms with E-state index in [0.29, 0.717) is 18.5 Å². The molecular formula is C17H31N3O. The molecule has 1 heterocycles. The molecule has 4 nitrogen and oxygen atoms in total. The lowest BCUT2D eigenvalue weighted by atomic mass is 9.86. The maximum Gasteiger partial charge on any atom is 0.0866 e. The first-order chi connectivity index (χ1) is 10.2. The summed E-state index contributed by atoms with van der Waals surface area (Å²) in [5.74, 6) is 1.14. The summed E-state index contributed by atoms with van der Waals surface area (Å²) in [5.41, 5.74) is 0. The Labute approximate surface area is 129 Å². The lowest BCUT2D eigenvalue weighted by molar-refractivity contribution is 0.0393. The van der Waals surface area contributed by atoms with E-state index >= 15 is 0 Å². The average Bonchev–Trinajstić information content (AvgIpc) is 2.53. The van der Waals surface area contributed by atoms with Crippen molar-refractivity contribution in [2.45, 2.75) is 64.0 Å². The van der Waals surface area contributed by atoms with E-state index in [4.69, 9.17) is 5.26 Å². The first-order valence-corrected chi connectivity index (χ1v) is 8.73. The molecule has 0 aromatic heterocycles. The molecule has 21 heavy (non-hydrogen) atoms. The van der Waals surface area contributed by atoms with Gasteiger partial charge in [-0.15, -0.1) is 0 Å². The van der Waals surface area contributed by atoms with Crippen LogP contribution in [0.3, 0.4) is 0 Å². The molecule has 0 aromatic carbocycles. The number of rotatable bonds is 6. The normalized spacial score (nSPS) is 30.0. The predicted octanol–water partition coefficient (Wildman–Crippen LogP) is 2.14. The summed E-state index contributed by atoms with van der Waals surface area (Å²) in [6.45, 7) is 5.45. The van der Waals surface area contributed by atoms with Gasteiger partial charge in [-0.3, -0.25) is 4.90 Å². The lowest BCUT2D eigenvalue weighted by Gasteiger charge is -2.39. The van der Waals surface area contributed by atoms with Gasteiger partial charge in [0.2, 0.25) is 0 Å². The van der Waals surface area contributed by atoms with Gasteiger partial charge in [0.15, 0.2) is 0 Å². The van der Waals surface area contributed by atoms with Crippen molar-refractivity contribution in [3.63, 3.8) is 0 Å². The Morgan fingerprint density at radius 2 is 2.05 bits per heavy atom. The molecule has 1 saturated heterocycles. The minimum Gasteiger partial charge on any atom is -0.393 e. The third kappa shape index (κ3) is 5.25. The van der Waals surface area contributed by atoms with Crippen molar-refractivity contribution >= 4 is 0 Å². The van der Waals surface area contributed by atoms with Crippen molar-refractivity contribution in [2.24, 2.45) is 11.8 Å². The minimum atomic E-state index is -0.231. The molecule has 1 aliphatic carbocycles. The van der Waals surface area contributed by atoms with Crippen LogP contribution in [0.4, 0.5) is 0 Å². The number of aliphatic hydroxyl groups excluding tert-OH is 1. The van der Waals surface area contributed by atoms with Gasteiger partial charge >= 0.3 is 0 Å². The molecule has 2 aliphatic rings. The Morgan fingerprint density at radius 3 is 2.71 bits per heavy atom. The number of piperidine rings is 1. The first-order valence-electron chi connectivity index (χ1n) is 8.73. The highest BCUT2D eigenvalue weighted by Crippen LogP contribution is 2.25. The van der Waals surface area contributed by atoms with Gasteiger partial charge in [-0.05, 0) is 44.1 Å². The Morgan fingerprint density at radius 1 is 1.29 bits per heavy atom.